The van der Waals surface area contributed by atoms with Gasteiger partial charge in [0.1, 0.15) is 0 Å². The van der Waals surface area contributed by atoms with Crippen molar-refractivity contribution in [2.75, 3.05) is 0 Å². The summed E-state index contributed by atoms with van der Waals surface area (Å²) in [5.41, 5.74) is 6.61. The fourth-order valence-electron chi connectivity index (χ4n) is 1.24. The fraction of sp³-hybridized carbons (Fsp3) is 0. The van der Waals surface area contributed by atoms with E-state index < -0.39 is 5.91 Å². The second-order valence-electron chi connectivity index (χ2n) is 2.80. The van der Waals surface area contributed by atoms with Crippen molar-refractivity contribution in [3.63, 3.8) is 0 Å². The minimum atomic E-state index is -0.610. The van der Waals surface area contributed by atoms with Crippen LogP contribution in [0.2, 0.25) is 0 Å². The molecule has 0 aliphatic rings. The van der Waals surface area contributed by atoms with Gasteiger partial charge in [-0.25, -0.2) is 0 Å². The predicted molar refractivity (Wildman–Crippen MR) is 50.5 cm³/mol. The van der Waals surface area contributed by atoms with Crippen LogP contribution in [-0.2, 0) is 0 Å². The van der Waals surface area contributed by atoms with E-state index in [2.05, 4.69) is 5.16 Å². The van der Waals surface area contributed by atoms with E-state index in [1.807, 2.05) is 30.3 Å². The van der Waals surface area contributed by atoms with Crippen molar-refractivity contribution in [1.82, 2.24) is 5.16 Å². The number of carbonyl (C=O) groups is 1. The molecule has 0 aliphatic heterocycles. The Kier molecular flexibility index (Phi) is 2.02. The normalized spacial score (nSPS) is 10.0. The van der Waals surface area contributed by atoms with Gasteiger partial charge < -0.3 is 10.3 Å². The van der Waals surface area contributed by atoms with E-state index in [0.29, 0.717) is 5.56 Å². The Morgan fingerprint density at radius 3 is 2.64 bits per heavy atom. The van der Waals surface area contributed by atoms with Crippen molar-refractivity contribution in [2.24, 2.45) is 5.73 Å². The van der Waals surface area contributed by atoms with Gasteiger partial charge >= 0.3 is 0 Å². The van der Waals surface area contributed by atoms with Crippen molar-refractivity contribution in [3.05, 3.63) is 42.3 Å². The first-order valence-corrected chi connectivity index (χ1v) is 4.09. The number of aromatic nitrogens is 1. The lowest BCUT2D eigenvalue weighted by atomic mass is 10.1. The van der Waals surface area contributed by atoms with Gasteiger partial charge in [-0.3, -0.25) is 4.79 Å². The maximum atomic E-state index is 10.9. The molecule has 1 heterocycles. The molecule has 0 spiro atoms. The average Bonchev–Trinajstić information content (AvgIpc) is 2.67. The van der Waals surface area contributed by atoms with Crippen molar-refractivity contribution >= 4 is 5.91 Å². The molecule has 0 unspecified atom stereocenters. The maximum Gasteiger partial charge on any atom is 0.287 e. The molecule has 70 valence electrons. The quantitative estimate of drug-likeness (QED) is 0.775. The molecule has 0 radical (unpaired) electrons. The average molecular weight is 188 g/mol. The van der Waals surface area contributed by atoms with Crippen LogP contribution in [0.3, 0.4) is 0 Å². The minimum Gasteiger partial charge on any atom is -0.363 e. The Balaban J connectivity index is 2.52. The number of nitrogens with zero attached hydrogens (tertiary/aromatic N) is 1. The van der Waals surface area contributed by atoms with Crippen LogP contribution < -0.4 is 5.73 Å². The molecule has 2 aromatic rings. The van der Waals surface area contributed by atoms with Gasteiger partial charge in [-0.1, -0.05) is 35.5 Å². The van der Waals surface area contributed by atoms with Crippen molar-refractivity contribution < 1.29 is 9.32 Å². The third kappa shape index (κ3) is 1.37. The summed E-state index contributed by atoms with van der Waals surface area (Å²) in [5, 5.41) is 3.54. The largest absolute Gasteiger partial charge is 0.363 e. The summed E-state index contributed by atoms with van der Waals surface area (Å²) in [6.07, 6.45) is 1.48. The lowest BCUT2D eigenvalue weighted by Crippen LogP contribution is -2.10. The topological polar surface area (TPSA) is 69.1 Å². The zero-order valence-electron chi connectivity index (χ0n) is 7.31. The van der Waals surface area contributed by atoms with E-state index in [-0.39, 0.29) is 5.76 Å². The zero-order valence-corrected chi connectivity index (χ0v) is 7.31. The Morgan fingerprint density at radius 2 is 2.00 bits per heavy atom. The summed E-state index contributed by atoms with van der Waals surface area (Å²) in [5.74, 6) is -0.516. The van der Waals surface area contributed by atoms with E-state index in [9.17, 15) is 4.79 Å². The third-order valence-electron chi connectivity index (χ3n) is 1.88. The molecule has 2 rings (SSSR count). The highest BCUT2D eigenvalue weighted by Gasteiger charge is 2.14. The van der Waals surface area contributed by atoms with E-state index in [1.165, 1.54) is 6.20 Å². The van der Waals surface area contributed by atoms with Crippen LogP contribution in [-0.4, -0.2) is 11.1 Å². The Labute approximate surface area is 80.3 Å². The zero-order chi connectivity index (χ0) is 9.97. The molecule has 1 aromatic heterocycles. The van der Waals surface area contributed by atoms with Crippen LogP contribution in [0.1, 0.15) is 10.6 Å². The molecular formula is C10H8N2O2. The first-order chi connectivity index (χ1) is 6.79. The molecular weight excluding hydrogens is 180 g/mol. The minimum absolute atomic E-state index is 0.0937. The van der Waals surface area contributed by atoms with Crippen molar-refractivity contribution in [1.29, 1.82) is 0 Å². The Morgan fingerprint density at radius 1 is 1.29 bits per heavy atom. The Bertz CT molecular complexity index is 448. The molecule has 4 heteroatoms. The summed E-state index contributed by atoms with van der Waals surface area (Å²) >= 11 is 0. The number of hydrogen-bond donors (Lipinski definition) is 1. The molecule has 0 atom stereocenters. The van der Waals surface area contributed by atoms with Crippen LogP contribution >= 0.6 is 0 Å². The maximum absolute atomic E-state index is 10.9. The number of rotatable bonds is 2. The molecule has 14 heavy (non-hydrogen) atoms. The molecule has 0 fully saturated rings. The number of nitrogens with two attached hydrogens (primary N) is 1. The molecule has 2 N–H and O–H groups in total. The van der Waals surface area contributed by atoms with Crippen molar-refractivity contribution in [2.45, 2.75) is 0 Å². The van der Waals surface area contributed by atoms with Crippen LogP contribution in [0.5, 0.6) is 0 Å². The summed E-state index contributed by atoms with van der Waals surface area (Å²) in [6.45, 7) is 0. The highest BCUT2D eigenvalue weighted by Crippen LogP contribution is 2.22. The van der Waals surface area contributed by atoms with Gasteiger partial charge in [0.15, 0.2) is 0 Å². The molecule has 4 nitrogen and oxygen atoms in total. The predicted octanol–water partition coefficient (Wildman–Crippen LogP) is 1.44. The number of primary amides is 1. The summed E-state index contributed by atoms with van der Waals surface area (Å²) in [4.78, 5) is 10.9. The van der Waals surface area contributed by atoms with Crippen LogP contribution in [0.15, 0.2) is 41.1 Å². The van der Waals surface area contributed by atoms with Crippen LogP contribution in [0.25, 0.3) is 11.1 Å². The van der Waals surface area contributed by atoms with Gasteiger partial charge in [0.2, 0.25) is 5.76 Å². The summed E-state index contributed by atoms with van der Waals surface area (Å²) in [7, 11) is 0. The number of benzene rings is 1. The van der Waals surface area contributed by atoms with E-state index >= 15 is 0 Å². The summed E-state index contributed by atoms with van der Waals surface area (Å²) < 4.78 is 4.76. The summed E-state index contributed by atoms with van der Waals surface area (Å²) in [6, 6.07) is 9.35. The van der Waals surface area contributed by atoms with Gasteiger partial charge in [-0.15, -0.1) is 0 Å². The van der Waals surface area contributed by atoms with Crippen molar-refractivity contribution in [3.8, 4) is 11.1 Å². The van der Waals surface area contributed by atoms with Gasteiger partial charge in [0.05, 0.1) is 11.8 Å². The number of hydrogen-bond acceptors (Lipinski definition) is 3. The first-order valence-electron chi connectivity index (χ1n) is 4.09. The van der Waals surface area contributed by atoms with E-state index in [4.69, 9.17) is 10.3 Å². The Hall–Kier alpha value is -2.10. The first kappa shape index (κ1) is 8.50. The monoisotopic (exact) mass is 188 g/mol. The lowest BCUT2D eigenvalue weighted by Gasteiger charge is -1.96. The van der Waals surface area contributed by atoms with Crippen LogP contribution in [0.4, 0.5) is 0 Å². The van der Waals surface area contributed by atoms with Crippen LogP contribution in [0, 0.1) is 0 Å². The number of carbonyl (C=O) groups excluding carboxylic acids is 1. The molecule has 0 aliphatic carbocycles. The smallest absolute Gasteiger partial charge is 0.287 e. The molecule has 1 amide bonds. The van der Waals surface area contributed by atoms with E-state index in [0.717, 1.165) is 5.56 Å². The van der Waals surface area contributed by atoms with Gasteiger partial charge in [-0.05, 0) is 5.56 Å². The van der Waals surface area contributed by atoms with Gasteiger partial charge in [-0.2, -0.15) is 0 Å². The fourth-order valence-corrected chi connectivity index (χ4v) is 1.24. The second kappa shape index (κ2) is 3.33. The SMILES string of the molecule is NC(=O)c1oncc1-c1ccccc1. The molecule has 0 saturated carbocycles. The molecule has 1 aromatic carbocycles. The van der Waals surface area contributed by atoms with Gasteiger partial charge in [0.25, 0.3) is 5.91 Å². The third-order valence-corrected chi connectivity index (χ3v) is 1.88. The molecule has 0 bridgehead atoms. The standard InChI is InChI=1S/C10H8N2O2/c11-10(13)9-8(6-12-14-9)7-4-2-1-3-5-7/h1-6H,(H2,11,13). The lowest BCUT2D eigenvalue weighted by molar-refractivity contribution is 0.0966. The number of amides is 1. The molecule has 0 saturated heterocycles. The highest BCUT2D eigenvalue weighted by molar-refractivity contribution is 5.96. The highest BCUT2D eigenvalue weighted by atomic mass is 16.5. The van der Waals surface area contributed by atoms with Gasteiger partial charge in [0, 0.05) is 0 Å². The van der Waals surface area contributed by atoms with E-state index in [1.54, 1.807) is 0 Å². The second-order valence-corrected chi connectivity index (χ2v) is 2.80.